The maximum absolute atomic E-state index is 12.6. The SMILES string of the molecule is NCC(CS(=O)c1ccc2c(c1)CCC2)C(F)(F)F. The van der Waals surface area contributed by atoms with Gasteiger partial charge in [-0.05, 0) is 42.5 Å². The van der Waals surface area contributed by atoms with Crippen LogP contribution in [0, 0.1) is 5.92 Å². The molecule has 0 bridgehead atoms. The summed E-state index contributed by atoms with van der Waals surface area (Å²) >= 11 is 0. The minimum absolute atomic E-state index is 0.460. The van der Waals surface area contributed by atoms with Gasteiger partial charge in [-0.25, -0.2) is 0 Å². The molecule has 2 unspecified atom stereocenters. The van der Waals surface area contributed by atoms with Gasteiger partial charge in [-0.15, -0.1) is 0 Å². The third kappa shape index (κ3) is 3.36. The molecule has 0 aliphatic heterocycles. The molecule has 0 radical (unpaired) electrons. The summed E-state index contributed by atoms with van der Waals surface area (Å²) in [6.45, 7) is -0.528. The molecule has 2 nitrogen and oxygen atoms in total. The largest absolute Gasteiger partial charge is 0.393 e. The van der Waals surface area contributed by atoms with Crippen LogP contribution in [0.4, 0.5) is 13.2 Å². The van der Waals surface area contributed by atoms with Gasteiger partial charge in [-0.2, -0.15) is 13.2 Å². The van der Waals surface area contributed by atoms with Crippen LogP contribution < -0.4 is 5.73 Å². The molecule has 0 spiro atoms. The second kappa shape index (κ2) is 5.63. The fourth-order valence-electron chi connectivity index (χ4n) is 2.26. The number of nitrogens with two attached hydrogens (primary N) is 1. The van der Waals surface area contributed by atoms with Crippen LogP contribution in [0.3, 0.4) is 0 Å². The molecule has 2 atom stereocenters. The summed E-state index contributed by atoms with van der Waals surface area (Å²) in [6.07, 6.45) is -1.42. The van der Waals surface area contributed by atoms with Gasteiger partial charge in [-0.3, -0.25) is 4.21 Å². The average molecular weight is 291 g/mol. The number of halogens is 3. The lowest BCUT2D eigenvalue weighted by atomic mass is 10.1. The van der Waals surface area contributed by atoms with E-state index in [1.54, 1.807) is 12.1 Å². The highest BCUT2D eigenvalue weighted by atomic mass is 32.2. The van der Waals surface area contributed by atoms with Gasteiger partial charge in [0.15, 0.2) is 0 Å². The van der Waals surface area contributed by atoms with Crippen molar-refractivity contribution in [2.24, 2.45) is 11.7 Å². The van der Waals surface area contributed by atoms with Crippen LogP contribution >= 0.6 is 0 Å². The zero-order valence-electron chi connectivity index (χ0n) is 10.4. The topological polar surface area (TPSA) is 43.1 Å². The molecule has 6 heteroatoms. The molecular weight excluding hydrogens is 275 g/mol. The molecule has 1 aliphatic rings. The molecule has 1 aromatic rings. The van der Waals surface area contributed by atoms with Crippen LogP contribution in [0.1, 0.15) is 17.5 Å². The van der Waals surface area contributed by atoms with Gasteiger partial charge in [0.05, 0.1) is 16.7 Å². The predicted octanol–water partition coefficient (Wildman–Crippen LogP) is 2.42. The number of hydrogen-bond donors (Lipinski definition) is 1. The Morgan fingerprint density at radius 1 is 1.26 bits per heavy atom. The van der Waals surface area contributed by atoms with Crippen molar-refractivity contribution in [1.82, 2.24) is 0 Å². The fraction of sp³-hybridized carbons (Fsp3) is 0.538. The lowest BCUT2D eigenvalue weighted by Gasteiger charge is -2.18. The Morgan fingerprint density at radius 2 is 1.95 bits per heavy atom. The number of aryl methyl sites for hydroxylation is 2. The summed E-state index contributed by atoms with van der Waals surface area (Å²) in [5.74, 6) is -2.17. The first-order valence-corrected chi connectivity index (χ1v) is 7.50. The summed E-state index contributed by atoms with van der Waals surface area (Å²) in [7, 11) is -1.65. The number of hydrogen-bond acceptors (Lipinski definition) is 2. The zero-order valence-corrected chi connectivity index (χ0v) is 11.2. The highest BCUT2D eigenvalue weighted by molar-refractivity contribution is 7.85. The molecule has 0 amide bonds. The van der Waals surface area contributed by atoms with E-state index >= 15 is 0 Å². The van der Waals surface area contributed by atoms with Crippen LogP contribution in [-0.2, 0) is 23.6 Å². The van der Waals surface area contributed by atoms with Crippen molar-refractivity contribution in [3.05, 3.63) is 29.3 Å². The molecule has 19 heavy (non-hydrogen) atoms. The van der Waals surface area contributed by atoms with E-state index in [9.17, 15) is 17.4 Å². The van der Waals surface area contributed by atoms with Crippen molar-refractivity contribution < 1.29 is 17.4 Å². The Labute approximate surface area is 112 Å². The molecule has 1 aliphatic carbocycles. The van der Waals surface area contributed by atoms with E-state index in [2.05, 4.69) is 0 Å². The fourth-order valence-corrected chi connectivity index (χ4v) is 3.64. The Balaban J connectivity index is 2.12. The smallest absolute Gasteiger partial charge is 0.330 e. The average Bonchev–Trinajstić information content (AvgIpc) is 2.81. The molecule has 0 heterocycles. The van der Waals surface area contributed by atoms with Crippen LogP contribution in [0.25, 0.3) is 0 Å². The van der Waals surface area contributed by atoms with E-state index in [1.807, 2.05) is 6.07 Å². The Hall–Kier alpha value is -0.880. The normalized spacial score (nSPS) is 18.1. The van der Waals surface area contributed by atoms with Crippen molar-refractivity contribution in [2.75, 3.05) is 12.3 Å². The molecule has 1 aromatic carbocycles. The van der Waals surface area contributed by atoms with E-state index in [0.29, 0.717) is 4.90 Å². The van der Waals surface area contributed by atoms with E-state index in [4.69, 9.17) is 5.73 Å². The van der Waals surface area contributed by atoms with Crippen LogP contribution in [0.2, 0.25) is 0 Å². The highest BCUT2D eigenvalue weighted by Gasteiger charge is 2.39. The van der Waals surface area contributed by atoms with E-state index in [-0.39, 0.29) is 0 Å². The summed E-state index contributed by atoms with van der Waals surface area (Å²) in [6, 6.07) is 5.33. The molecule has 0 aromatic heterocycles. The standard InChI is InChI=1S/C13H16F3NOS/c14-13(15,16)11(7-17)8-19(18)12-5-4-9-2-1-3-10(9)6-12/h4-6,11H,1-3,7-8,17H2. The minimum atomic E-state index is -4.39. The van der Waals surface area contributed by atoms with Crippen molar-refractivity contribution in [3.8, 4) is 0 Å². The maximum atomic E-state index is 12.6. The van der Waals surface area contributed by atoms with Crippen LogP contribution in [0.15, 0.2) is 23.1 Å². The Kier molecular flexibility index (Phi) is 4.30. The van der Waals surface area contributed by atoms with Crippen LogP contribution in [0.5, 0.6) is 0 Å². The molecule has 0 saturated carbocycles. The minimum Gasteiger partial charge on any atom is -0.330 e. The summed E-state index contributed by atoms with van der Waals surface area (Å²) in [5.41, 5.74) is 7.45. The maximum Gasteiger partial charge on any atom is 0.393 e. The van der Waals surface area contributed by atoms with E-state index < -0.39 is 35.2 Å². The van der Waals surface area contributed by atoms with E-state index in [0.717, 1.165) is 24.8 Å². The van der Waals surface area contributed by atoms with Crippen molar-refractivity contribution in [1.29, 1.82) is 0 Å². The first kappa shape index (κ1) is 14.5. The van der Waals surface area contributed by atoms with Crippen molar-refractivity contribution in [2.45, 2.75) is 30.3 Å². The quantitative estimate of drug-likeness (QED) is 0.926. The van der Waals surface area contributed by atoms with Crippen LogP contribution in [-0.4, -0.2) is 22.7 Å². The van der Waals surface area contributed by atoms with Gasteiger partial charge in [0.25, 0.3) is 0 Å². The first-order valence-electron chi connectivity index (χ1n) is 6.18. The molecule has 106 valence electrons. The molecule has 0 saturated heterocycles. The van der Waals surface area contributed by atoms with Gasteiger partial charge in [-0.1, -0.05) is 6.07 Å². The van der Waals surface area contributed by atoms with Gasteiger partial charge >= 0.3 is 6.18 Å². The van der Waals surface area contributed by atoms with Gasteiger partial charge in [0.1, 0.15) is 0 Å². The Bertz CT molecular complexity index is 487. The van der Waals surface area contributed by atoms with Crippen molar-refractivity contribution >= 4 is 10.8 Å². The number of rotatable bonds is 4. The third-order valence-electron chi connectivity index (χ3n) is 3.43. The highest BCUT2D eigenvalue weighted by Crippen LogP contribution is 2.29. The zero-order chi connectivity index (χ0) is 14.0. The summed E-state index contributed by atoms with van der Waals surface area (Å²) < 4.78 is 49.8. The van der Waals surface area contributed by atoms with Gasteiger partial charge < -0.3 is 5.73 Å². The second-order valence-corrected chi connectivity index (χ2v) is 6.27. The monoisotopic (exact) mass is 291 g/mol. The molecule has 0 fully saturated rings. The molecule has 2 N–H and O–H groups in total. The molecular formula is C13H16F3NOS. The Morgan fingerprint density at radius 3 is 2.58 bits per heavy atom. The van der Waals surface area contributed by atoms with Crippen molar-refractivity contribution in [3.63, 3.8) is 0 Å². The first-order chi connectivity index (χ1) is 8.91. The number of alkyl halides is 3. The lowest BCUT2D eigenvalue weighted by molar-refractivity contribution is -0.165. The number of benzene rings is 1. The summed E-state index contributed by atoms with van der Waals surface area (Å²) in [4.78, 5) is 0.475. The molecule has 2 rings (SSSR count). The summed E-state index contributed by atoms with van der Waals surface area (Å²) in [5, 5.41) is 0. The van der Waals surface area contributed by atoms with E-state index in [1.165, 1.54) is 5.56 Å². The predicted molar refractivity (Wildman–Crippen MR) is 68.3 cm³/mol. The third-order valence-corrected chi connectivity index (χ3v) is 4.92. The van der Waals surface area contributed by atoms with Gasteiger partial charge in [0.2, 0.25) is 0 Å². The number of fused-ring (bicyclic) bond motifs is 1. The van der Waals surface area contributed by atoms with Gasteiger partial charge in [0, 0.05) is 17.2 Å². The lowest BCUT2D eigenvalue weighted by Crippen LogP contribution is -2.34. The second-order valence-electron chi connectivity index (χ2n) is 4.77.